The van der Waals surface area contributed by atoms with Crippen LogP contribution in [0.5, 0.6) is 11.5 Å². The average Bonchev–Trinajstić information content (AvgIpc) is 2.86. The summed E-state index contributed by atoms with van der Waals surface area (Å²) in [6.45, 7) is 0.00315. The molecule has 1 heterocycles. The standard InChI is InChI=1S/C27H22N2O4/c1-32-25-12-6-2-8-20(25)14-16-22(30)17-15-21-9-3-7-13-26(21)33-19-29-18-28-24-11-5-4-10-23(24)27(29)31/h2-18H,19H2,1H3/b16-14+,17-15+. The Kier molecular flexibility index (Phi) is 6.75. The molecule has 3 aromatic carbocycles. The molecule has 33 heavy (non-hydrogen) atoms. The second-order valence-electron chi connectivity index (χ2n) is 7.16. The predicted octanol–water partition coefficient (Wildman–Crippen LogP) is 4.74. The Bertz CT molecular complexity index is 1400. The van der Waals surface area contributed by atoms with Gasteiger partial charge in [0.15, 0.2) is 12.5 Å². The third-order valence-electron chi connectivity index (χ3n) is 5.00. The molecule has 0 fully saturated rings. The highest BCUT2D eigenvalue weighted by atomic mass is 16.5. The fraction of sp³-hybridized carbons (Fsp3) is 0.0741. The number of rotatable bonds is 8. The molecule has 0 amide bonds. The van der Waals surface area contributed by atoms with Crippen LogP contribution in [0.25, 0.3) is 23.1 Å². The van der Waals surface area contributed by atoms with Gasteiger partial charge >= 0.3 is 0 Å². The highest BCUT2D eigenvalue weighted by Crippen LogP contribution is 2.21. The van der Waals surface area contributed by atoms with Gasteiger partial charge in [-0.1, -0.05) is 48.5 Å². The quantitative estimate of drug-likeness (QED) is 0.372. The van der Waals surface area contributed by atoms with Crippen LogP contribution in [0.1, 0.15) is 11.1 Å². The first-order valence-corrected chi connectivity index (χ1v) is 10.3. The van der Waals surface area contributed by atoms with Crippen LogP contribution in [0.2, 0.25) is 0 Å². The fourth-order valence-electron chi connectivity index (χ4n) is 3.29. The number of allylic oxidation sites excluding steroid dienone is 2. The van der Waals surface area contributed by atoms with Gasteiger partial charge in [-0.15, -0.1) is 0 Å². The number of aromatic nitrogens is 2. The molecule has 0 radical (unpaired) electrons. The summed E-state index contributed by atoms with van der Waals surface area (Å²) in [4.78, 5) is 29.3. The third-order valence-corrected chi connectivity index (χ3v) is 5.00. The number of methoxy groups -OCH3 is 1. The number of benzene rings is 3. The highest BCUT2D eigenvalue weighted by molar-refractivity contribution is 6.04. The lowest BCUT2D eigenvalue weighted by Gasteiger charge is -2.11. The molecule has 164 valence electrons. The van der Waals surface area contributed by atoms with Crippen molar-refractivity contribution in [2.75, 3.05) is 7.11 Å². The van der Waals surface area contributed by atoms with E-state index in [0.717, 1.165) is 11.1 Å². The van der Waals surface area contributed by atoms with Crippen LogP contribution in [0.4, 0.5) is 0 Å². The van der Waals surface area contributed by atoms with Crippen molar-refractivity contribution in [3.8, 4) is 11.5 Å². The summed E-state index contributed by atoms with van der Waals surface area (Å²) in [6.07, 6.45) is 7.82. The number of nitrogens with zero attached hydrogens (tertiary/aromatic N) is 2. The van der Waals surface area contributed by atoms with E-state index in [1.54, 1.807) is 43.5 Å². The van der Waals surface area contributed by atoms with Gasteiger partial charge in [0.2, 0.25) is 0 Å². The highest BCUT2D eigenvalue weighted by Gasteiger charge is 2.06. The Hall–Kier alpha value is -4.45. The molecule has 6 nitrogen and oxygen atoms in total. The van der Waals surface area contributed by atoms with Crippen LogP contribution in [0, 0.1) is 0 Å². The average molecular weight is 438 g/mol. The fourth-order valence-corrected chi connectivity index (χ4v) is 3.29. The van der Waals surface area contributed by atoms with Crippen molar-refractivity contribution >= 4 is 28.8 Å². The number of carbonyl (C=O) groups excluding carboxylic acids is 1. The summed E-state index contributed by atoms with van der Waals surface area (Å²) in [7, 11) is 1.59. The molecule has 0 atom stereocenters. The van der Waals surface area contributed by atoms with Crippen LogP contribution in [0.3, 0.4) is 0 Å². The van der Waals surface area contributed by atoms with Gasteiger partial charge in [0.05, 0.1) is 18.0 Å². The summed E-state index contributed by atoms with van der Waals surface area (Å²) in [5.74, 6) is 1.07. The van der Waals surface area contributed by atoms with Gasteiger partial charge < -0.3 is 9.47 Å². The van der Waals surface area contributed by atoms with Crippen molar-refractivity contribution in [2.45, 2.75) is 6.73 Å². The molecule has 4 aromatic rings. The molecule has 0 unspecified atom stereocenters. The number of carbonyl (C=O) groups is 1. The van der Waals surface area contributed by atoms with Crippen molar-refractivity contribution in [2.24, 2.45) is 0 Å². The maximum atomic E-state index is 12.7. The van der Waals surface area contributed by atoms with Crippen LogP contribution in [-0.2, 0) is 11.5 Å². The van der Waals surface area contributed by atoms with Crippen LogP contribution < -0.4 is 15.0 Å². The van der Waals surface area contributed by atoms with Crippen LogP contribution >= 0.6 is 0 Å². The lowest BCUT2D eigenvalue weighted by molar-refractivity contribution is -0.110. The van der Waals surface area contributed by atoms with Crippen LogP contribution in [-0.4, -0.2) is 22.4 Å². The van der Waals surface area contributed by atoms with Crippen molar-refractivity contribution < 1.29 is 14.3 Å². The Morgan fingerprint density at radius 1 is 0.879 bits per heavy atom. The number of fused-ring (bicyclic) bond motifs is 1. The molecule has 0 N–H and O–H groups in total. The molecule has 1 aromatic heterocycles. The summed E-state index contributed by atoms with van der Waals surface area (Å²) in [5, 5.41) is 0.532. The van der Waals surface area contributed by atoms with E-state index < -0.39 is 0 Å². The lowest BCUT2D eigenvalue weighted by Crippen LogP contribution is -2.23. The zero-order chi connectivity index (χ0) is 23.0. The van der Waals surface area contributed by atoms with E-state index in [1.807, 2.05) is 48.5 Å². The van der Waals surface area contributed by atoms with Crippen molar-refractivity contribution in [3.05, 3.63) is 113 Å². The molecule has 6 heteroatoms. The van der Waals surface area contributed by atoms with E-state index >= 15 is 0 Å². The van der Waals surface area contributed by atoms with Gasteiger partial charge in [-0.05, 0) is 48.6 Å². The summed E-state index contributed by atoms with van der Waals surface area (Å²) in [5.41, 5.74) is 2.00. The Morgan fingerprint density at radius 2 is 1.48 bits per heavy atom. The Morgan fingerprint density at radius 3 is 2.21 bits per heavy atom. The molecule has 0 aliphatic rings. The van der Waals surface area contributed by atoms with Crippen LogP contribution in [0.15, 0.2) is 96.1 Å². The Balaban J connectivity index is 1.47. The van der Waals surface area contributed by atoms with Gasteiger partial charge in [0, 0.05) is 11.1 Å². The van der Waals surface area contributed by atoms with Gasteiger partial charge in [-0.3, -0.25) is 14.2 Å². The van der Waals surface area contributed by atoms with Gasteiger partial charge in [-0.2, -0.15) is 0 Å². The first-order valence-electron chi connectivity index (χ1n) is 10.3. The number of hydrogen-bond acceptors (Lipinski definition) is 5. The zero-order valence-electron chi connectivity index (χ0n) is 18.0. The SMILES string of the molecule is COc1ccccc1/C=C/C(=O)/C=C/c1ccccc1OCn1cnc2ccccc2c1=O. The zero-order valence-corrected chi connectivity index (χ0v) is 18.0. The molecule has 0 spiro atoms. The van der Waals surface area contributed by atoms with Gasteiger partial charge in [-0.25, -0.2) is 4.98 Å². The van der Waals surface area contributed by atoms with E-state index in [4.69, 9.17) is 9.47 Å². The second-order valence-corrected chi connectivity index (χ2v) is 7.16. The first-order chi connectivity index (χ1) is 16.2. The largest absolute Gasteiger partial charge is 0.496 e. The second kappa shape index (κ2) is 10.2. The third kappa shape index (κ3) is 5.25. The minimum Gasteiger partial charge on any atom is -0.496 e. The molecular formula is C27H22N2O4. The predicted molar refractivity (Wildman–Crippen MR) is 129 cm³/mol. The molecule has 0 saturated carbocycles. The van der Waals surface area contributed by atoms with E-state index in [-0.39, 0.29) is 18.1 Å². The minimum atomic E-state index is -0.176. The number of ketones is 1. The maximum Gasteiger partial charge on any atom is 0.263 e. The van der Waals surface area contributed by atoms with E-state index in [2.05, 4.69) is 4.98 Å². The van der Waals surface area contributed by atoms with E-state index in [9.17, 15) is 9.59 Å². The molecule has 0 aliphatic heterocycles. The Labute approximate surface area is 191 Å². The normalized spacial score (nSPS) is 11.3. The number of hydrogen-bond donors (Lipinski definition) is 0. The van der Waals surface area contributed by atoms with Crippen molar-refractivity contribution in [1.82, 2.24) is 9.55 Å². The van der Waals surface area contributed by atoms with Gasteiger partial charge in [0.25, 0.3) is 5.56 Å². The minimum absolute atomic E-state index is 0.00315. The summed E-state index contributed by atoms with van der Waals surface area (Å²) >= 11 is 0. The number of para-hydroxylation sites is 3. The molecule has 0 saturated heterocycles. The summed E-state index contributed by atoms with van der Waals surface area (Å²) < 4.78 is 12.6. The van der Waals surface area contributed by atoms with E-state index in [0.29, 0.717) is 22.4 Å². The first kappa shape index (κ1) is 21.8. The number of ether oxygens (including phenoxy) is 2. The summed E-state index contributed by atoms with van der Waals surface area (Å²) in [6, 6.07) is 21.9. The van der Waals surface area contributed by atoms with Crippen molar-refractivity contribution in [1.29, 1.82) is 0 Å². The van der Waals surface area contributed by atoms with Gasteiger partial charge in [0.1, 0.15) is 17.8 Å². The molecule has 0 bridgehead atoms. The van der Waals surface area contributed by atoms with Crippen molar-refractivity contribution in [3.63, 3.8) is 0 Å². The maximum absolute atomic E-state index is 12.7. The monoisotopic (exact) mass is 438 g/mol. The smallest absolute Gasteiger partial charge is 0.263 e. The topological polar surface area (TPSA) is 70.4 Å². The lowest BCUT2D eigenvalue weighted by atomic mass is 10.1. The molecular weight excluding hydrogens is 416 g/mol. The van der Waals surface area contributed by atoms with E-state index in [1.165, 1.54) is 23.0 Å². The molecule has 0 aliphatic carbocycles. The molecule has 4 rings (SSSR count).